The van der Waals surface area contributed by atoms with Gasteiger partial charge >= 0.3 is 0 Å². The monoisotopic (exact) mass is 563 g/mol. The molecule has 3 heterocycles. The number of piperazine rings is 1. The zero-order chi connectivity index (χ0) is 28.2. The molecule has 6 rings (SSSR count). The normalized spacial score (nSPS) is 13.3. The van der Waals surface area contributed by atoms with E-state index in [0.717, 1.165) is 65.4 Å². The second kappa shape index (κ2) is 12.0. The van der Waals surface area contributed by atoms with Gasteiger partial charge in [-0.3, -0.25) is 4.79 Å². The van der Waals surface area contributed by atoms with Crippen molar-refractivity contribution in [3.05, 3.63) is 119 Å². The van der Waals surface area contributed by atoms with Gasteiger partial charge in [-0.15, -0.1) is 0 Å². The number of rotatable bonds is 7. The van der Waals surface area contributed by atoms with Crippen LogP contribution in [0.15, 0.2) is 102 Å². The molecule has 8 heteroatoms. The molecule has 0 unspecified atom stereocenters. The molecule has 1 aliphatic heterocycles. The van der Waals surface area contributed by atoms with Gasteiger partial charge in [-0.2, -0.15) is 0 Å². The predicted molar refractivity (Wildman–Crippen MR) is 163 cm³/mol. The van der Waals surface area contributed by atoms with Crippen LogP contribution in [0.3, 0.4) is 0 Å². The fourth-order valence-corrected chi connectivity index (χ4v) is 5.29. The molecule has 7 nitrogen and oxygen atoms in total. The van der Waals surface area contributed by atoms with Crippen LogP contribution in [0.5, 0.6) is 0 Å². The molecular formula is C33H30ClN5O2. The molecular weight excluding hydrogens is 534 g/mol. The first-order chi connectivity index (χ1) is 20.1. The summed E-state index contributed by atoms with van der Waals surface area (Å²) in [6.45, 7) is 6.06. The first kappa shape index (κ1) is 26.7. The van der Waals surface area contributed by atoms with Crippen molar-refractivity contribution in [2.75, 3.05) is 36.0 Å². The van der Waals surface area contributed by atoms with E-state index < -0.39 is 0 Å². The zero-order valence-electron chi connectivity index (χ0n) is 22.8. The summed E-state index contributed by atoms with van der Waals surface area (Å²) in [6.07, 6.45) is 5.09. The van der Waals surface area contributed by atoms with Crippen molar-refractivity contribution >= 4 is 28.9 Å². The Labute approximate surface area is 244 Å². The van der Waals surface area contributed by atoms with Crippen molar-refractivity contribution < 1.29 is 9.21 Å². The standard InChI is InChI=1S/C33H30ClN5O2/c1-23-18-31(24-6-8-27(34)9-7-24)41-32(23)33(40)39(29-12-10-28(11-13-29)38-16-14-35-15-17-38)21-25-4-2-3-5-30(25)26-19-36-22-37-20-26/h2-13,18-20,22,35H,14-17,21H2,1H3. The zero-order valence-corrected chi connectivity index (χ0v) is 23.5. The minimum atomic E-state index is -0.211. The summed E-state index contributed by atoms with van der Waals surface area (Å²) in [7, 11) is 0. The molecule has 0 atom stereocenters. The van der Waals surface area contributed by atoms with Gasteiger partial charge in [0.2, 0.25) is 0 Å². The van der Waals surface area contributed by atoms with E-state index >= 15 is 0 Å². The Morgan fingerprint density at radius 3 is 2.39 bits per heavy atom. The average molecular weight is 564 g/mol. The lowest BCUT2D eigenvalue weighted by atomic mass is 10.0. The van der Waals surface area contributed by atoms with Gasteiger partial charge in [0.1, 0.15) is 12.1 Å². The van der Waals surface area contributed by atoms with Crippen LogP contribution in [0.4, 0.5) is 11.4 Å². The lowest BCUT2D eigenvalue weighted by Gasteiger charge is -2.30. The van der Waals surface area contributed by atoms with Crippen molar-refractivity contribution in [3.63, 3.8) is 0 Å². The van der Waals surface area contributed by atoms with Gasteiger partial charge in [0, 0.05) is 71.7 Å². The van der Waals surface area contributed by atoms with Crippen molar-refractivity contribution in [2.24, 2.45) is 0 Å². The number of hydrogen-bond donors (Lipinski definition) is 1. The summed E-state index contributed by atoms with van der Waals surface area (Å²) < 4.78 is 6.21. The third-order valence-corrected chi connectivity index (χ3v) is 7.60. The Morgan fingerprint density at radius 1 is 0.951 bits per heavy atom. The fourth-order valence-electron chi connectivity index (χ4n) is 5.17. The molecule has 3 aromatic carbocycles. The average Bonchev–Trinajstić information content (AvgIpc) is 3.42. The number of carbonyl (C=O) groups excluding carboxylic acids is 1. The number of furan rings is 1. The second-order valence-corrected chi connectivity index (χ2v) is 10.5. The van der Waals surface area contributed by atoms with Crippen LogP contribution in [0.1, 0.15) is 21.7 Å². The van der Waals surface area contributed by atoms with E-state index in [1.165, 1.54) is 6.33 Å². The van der Waals surface area contributed by atoms with Gasteiger partial charge in [-0.1, -0.05) is 35.9 Å². The molecule has 0 spiro atoms. The highest BCUT2D eigenvalue weighted by Gasteiger charge is 2.26. The van der Waals surface area contributed by atoms with Crippen molar-refractivity contribution in [2.45, 2.75) is 13.5 Å². The highest BCUT2D eigenvalue weighted by Crippen LogP contribution is 2.32. The SMILES string of the molecule is Cc1cc(-c2ccc(Cl)cc2)oc1C(=O)N(Cc1ccccc1-c1cncnc1)c1ccc(N2CCNCC2)cc1. The highest BCUT2D eigenvalue weighted by molar-refractivity contribution is 6.30. The van der Waals surface area contributed by atoms with Crippen LogP contribution in [0.25, 0.3) is 22.5 Å². The molecule has 1 fully saturated rings. The molecule has 1 N–H and O–H groups in total. The topological polar surface area (TPSA) is 74.5 Å². The van der Waals surface area contributed by atoms with Crippen LogP contribution in [0.2, 0.25) is 5.02 Å². The number of hydrogen-bond acceptors (Lipinski definition) is 6. The number of benzene rings is 3. The summed E-state index contributed by atoms with van der Waals surface area (Å²) >= 11 is 6.08. The maximum atomic E-state index is 14.3. The Kier molecular flexibility index (Phi) is 7.80. The number of aryl methyl sites for hydroxylation is 1. The maximum absolute atomic E-state index is 14.3. The Bertz CT molecular complexity index is 1630. The smallest absolute Gasteiger partial charge is 0.294 e. The lowest BCUT2D eigenvalue weighted by molar-refractivity contribution is 0.0958. The third kappa shape index (κ3) is 5.87. The molecule has 1 amide bonds. The molecule has 41 heavy (non-hydrogen) atoms. The predicted octanol–water partition coefficient (Wildman–Crippen LogP) is 6.62. The number of aromatic nitrogens is 2. The Balaban J connectivity index is 1.37. The summed E-state index contributed by atoms with van der Waals surface area (Å²) in [5.41, 5.74) is 6.40. The van der Waals surface area contributed by atoms with Gasteiger partial charge in [0.05, 0.1) is 6.54 Å². The summed E-state index contributed by atoms with van der Waals surface area (Å²) in [5, 5.41) is 4.04. The van der Waals surface area contributed by atoms with Crippen molar-refractivity contribution in [1.29, 1.82) is 0 Å². The number of halogens is 1. The first-order valence-corrected chi connectivity index (χ1v) is 14.0. The van der Waals surface area contributed by atoms with Gasteiger partial charge in [0.15, 0.2) is 5.76 Å². The van der Waals surface area contributed by atoms with E-state index in [2.05, 4.69) is 32.3 Å². The van der Waals surface area contributed by atoms with Crippen LogP contribution in [-0.4, -0.2) is 42.1 Å². The molecule has 0 saturated carbocycles. The summed E-state index contributed by atoms with van der Waals surface area (Å²) in [4.78, 5) is 26.8. The van der Waals surface area contributed by atoms with Gasteiger partial charge in [-0.05, 0) is 72.6 Å². The van der Waals surface area contributed by atoms with Crippen LogP contribution in [0, 0.1) is 6.92 Å². The van der Waals surface area contributed by atoms with E-state index in [4.69, 9.17) is 16.0 Å². The maximum Gasteiger partial charge on any atom is 0.294 e. The number of nitrogens with zero attached hydrogens (tertiary/aromatic N) is 4. The molecule has 206 valence electrons. The minimum absolute atomic E-state index is 0.211. The highest BCUT2D eigenvalue weighted by atomic mass is 35.5. The molecule has 5 aromatic rings. The van der Waals surface area contributed by atoms with E-state index in [1.807, 2.05) is 73.7 Å². The minimum Gasteiger partial charge on any atom is -0.451 e. The molecule has 1 aliphatic rings. The van der Waals surface area contributed by atoms with Gasteiger partial charge < -0.3 is 19.5 Å². The lowest BCUT2D eigenvalue weighted by Crippen LogP contribution is -2.43. The van der Waals surface area contributed by atoms with E-state index in [-0.39, 0.29) is 5.91 Å². The fraction of sp³-hybridized carbons (Fsp3) is 0.182. The number of carbonyl (C=O) groups is 1. The number of amides is 1. The van der Waals surface area contributed by atoms with Crippen LogP contribution < -0.4 is 15.1 Å². The summed E-state index contributed by atoms with van der Waals surface area (Å²) in [5.74, 6) is 0.719. The molecule has 2 aromatic heterocycles. The van der Waals surface area contributed by atoms with Crippen molar-refractivity contribution in [3.8, 4) is 22.5 Å². The summed E-state index contributed by atoms with van der Waals surface area (Å²) in [6, 6.07) is 25.5. The number of anilines is 2. The van der Waals surface area contributed by atoms with E-state index in [9.17, 15) is 4.79 Å². The Morgan fingerprint density at radius 2 is 1.66 bits per heavy atom. The molecule has 0 radical (unpaired) electrons. The first-order valence-electron chi connectivity index (χ1n) is 13.6. The molecule has 1 saturated heterocycles. The Hall–Kier alpha value is -4.46. The number of nitrogens with one attached hydrogen (secondary N) is 1. The molecule has 0 bridgehead atoms. The molecule has 0 aliphatic carbocycles. The van der Waals surface area contributed by atoms with Crippen LogP contribution in [-0.2, 0) is 6.54 Å². The van der Waals surface area contributed by atoms with Gasteiger partial charge in [-0.25, -0.2) is 9.97 Å². The second-order valence-electron chi connectivity index (χ2n) is 10.1. The van der Waals surface area contributed by atoms with Gasteiger partial charge in [0.25, 0.3) is 5.91 Å². The quantitative estimate of drug-likeness (QED) is 0.240. The van der Waals surface area contributed by atoms with Crippen LogP contribution >= 0.6 is 11.6 Å². The van der Waals surface area contributed by atoms with E-state index in [1.54, 1.807) is 17.3 Å². The third-order valence-electron chi connectivity index (χ3n) is 7.35. The van der Waals surface area contributed by atoms with Crippen molar-refractivity contribution in [1.82, 2.24) is 15.3 Å². The van der Waals surface area contributed by atoms with E-state index in [0.29, 0.717) is 23.1 Å². The largest absolute Gasteiger partial charge is 0.451 e.